The maximum Gasteiger partial charge on any atom is 0.204 e. The summed E-state index contributed by atoms with van der Waals surface area (Å²) >= 11 is 6.40. The predicted molar refractivity (Wildman–Crippen MR) is 133 cm³/mol. The summed E-state index contributed by atoms with van der Waals surface area (Å²) in [6.45, 7) is 1.94. The van der Waals surface area contributed by atoms with Crippen LogP contribution >= 0.6 is 6.57 Å². The highest BCUT2D eigenvalue weighted by molar-refractivity contribution is 8.10. The normalized spacial score (nSPS) is 22.6. The molecule has 1 fully saturated rings. The lowest BCUT2D eigenvalue weighted by Gasteiger charge is -2.35. The maximum atomic E-state index is 6.95. The van der Waals surface area contributed by atoms with Gasteiger partial charge in [0.1, 0.15) is 0 Å². The van der Waals surface area contributed by atoms with Crippen LogP contribution in [0.1, 0.15) is 48.7 Å². The fourth-order valence-electron chi connectivity index (χ4n) is 4.55. The number of rotatable bonds is 6. The molecule has 31 heavy (non-hydrogen) atoms. The summed E-state index contributed by atoms with van der Waals surface area (Å²) < 4.78 is 11.6. The van der Waals surface area contributed by atoms with Crippen LogP contribution in [-0.4, -0.2) is 23.4 Å². The van der Waals surface area contributed by atoms with Crippen molar-refractivity contribution in [3.8, 4) is 0 Å². The average molecular weight is 451 g/mol. The van der Waals surface area contributed by atoms with Crippen LogP contribution in [0.4, 0.5) is 0 Å². The first-order chi connectivity index (χ1) is 14.9. The molecule has 0 amide bonds. The van der Waals surface area contributed by atoms with Gasteiger partial charge in [0.05, 0.1) is 18.2 Å². The van der Waals surface area contributed by atoms with Crippen LogP contribution in [-0.2, 0) is 16.3 Å². The Morgan fingerprint density at radius 2 is 1.10 bits per heavy atom. The molecule has 0 spiro atoms. The molecule has 0 bridgehead atoms. The van der Waals surface area contributed by atoms with Gasteiger partial charge in [-0.05, 0) is 48.5 Å². The van der Waals surface area contributed by atoms with Crippen LogP contribution in [0, 0.1) is 5.92 Å². The van der Waals surface area contributed by atoms with Crippen molar-refractivity contribution in [2.75, 3.05) is 14.1 Å². The van der Waals surface area contributed by atoms with Gasteiger partial charge in [-0.3, -0.25) is 0 Å². The van der Waals surface area contributed by atoms with Gasteiger partial charge < -0.3 is 4.52 Å². The minimum absolute atomic E-state index is 0.0529. The molecular weight excluding hydrogens is 419 g/mol. The van der Waals surface area contributed by atoms with E-state index in [2.05, 4.69) is 122 Å². The van der Waals surface area contributed by atoms with Crippen molar-refractivity contribution in [1.82, 2.24) is 9.34 Å². The Morgan fingerprint density at radius 1 is 0.710 bits per heavy atom. The Kier molecular flexibility index (Phi) is 6.76. The van der Waals surface area contributed by atoms with Gasteiger partial charge in [0.2, 0.25) is 6.57 Å². The van der Waals surface area contributed by atoms with E-state index >= 15 is 0 Å². The van der Waals surface area contributed by atoms with Crippen molar-refractivity contribution in [2.45, 2.75) is 32.0 Å². The smallest absolute Gasteiger partial charge is 0.204 e. The highest BCUT2D eigenvalue weighted by Crippen LogP contribution is 2.70. The molecule has 0 radical (unpaired) electrons. The molecular formula is C26H31N2OPS. The predicted octanol–water partition coefficient (Wildman–Crippen LogP) is 6.98. The summed E-state index contributed by atoms with van der Waals surface area (Å²) in [5.74, 6) is 0.315. The summed E-state index contributed by atoms with van der Waals surface area (Å²) in [6.07, 6.45) is -0.0529. The van der Waals surface area contributed by atoms with Gasteiger partial charge in [0, 0.05) is 0 Å². The highest BCUT2D eigenvalue weighted by atomic mass is 32.5. The molecule has 5 heteroatoms. The van der Waals surface area contributed by atoms with Crippen LogP contribution in [0.3, 0.4) is 0 Å². The Bertz CT molecular complexity index is 974. The summed E-state index contributed by atoms with van der Waals surface area (Å²) in [5, 5.41) is 0. The Labute approximate surface area is 191 Å². The second-order valence-electron chi connectivity index (χ2n) is 8.53. The van der Waals surface area contributed by atoms with E-state index in [1.807, 2.05) is 6.07 Å². The molecule has 162 valence electrons. The second-order valence-corrected chi connectivity index (χ2v) is 12.4. The van der Waals surface area contributed by atoms with Crippen molar-refractivity contribution in [1.29, 1.82) is 0 Å². The Hall–Kier alpha value is -1.81. The first kappa shape index (κ1) is 22.4. The number of hydrogen-bond donors (Lipinski definition) is 0. The first-order valence-corrected chi connectivity index (χ1v) is 13.5. The third-order valence-corrected chi connectivity index (χ3v) is 10.6. The minimum atomic E-state index is -2.47. The zero-order valence-electron chi connectivity index (χ0n) is 18.6. The number of hydrogen-bond acceptors (Lipinski definition) is 2. The maximum absolute atomic E-state index is 6.95. The molecule has 3 nitrogen and oxygen atoms in total. The fraction of sp³-hybridized carbons (Fsp3) is 0.308. The van der Waals surface area contributed by atoms with Crippen LogP contribution in [0.2, 0.25) is 0 Å². The monoisotopic (exact) mass is 450 g/mol. The molecule has 1 aliphatic rings. The van der Waals surface area contributed by atoms with Gasteiger partial charge in [-0.1, -0.05) is 105 Å². The van der Waals surface area contributed by atoms with Crippen molar-refractivity contribution in [2.24, 2.45) is 5.92 Å². The van der Waals surface area contributed by atoms with Crippen molar-refractivity contribution >= 4 is 18.4 Å². The lowest BCUT2D eigenvalue weighted by atomic mass is 9.93. The van der Waals surface area contributed by atoms with Gasteiger partial charge in [0.25, 0.3) is 0 Å². The van der Waals surface area contributed by atoms with E-state index in [9.17, 15) is 0 Å². The SMILES string of the molecule is CC(C)[C@@H](OP1(=S)N(C)[C@H](c2ccccc2)[C@@H](c2ccccc2)N1C)c1ccccc1. The van der Waals surface area contributed by atoms with E-state index in [0.29, 0.717) is 5.92 Å². The van der Waals surface area contributed by atoms with Gasteiger partial charge >= 0.3 is 0 Å². The van der Waals surface area contributed by atoms with E-state index in [-0.39, 0.29) is 18.2 Å². The zero-order chi connectivity index (χ0) is 22.0. The molecule has 3 aromatic rings. The highest BCUT2D eigenvalue weighted by Gasteiger charge is 2.51. The van der Waals surface area contributed by atoms with Crippen LogP contribution in [0.25, 0.3) is 0 Å². The third-order valence-electron chi connectivity index (χ3n) is 6.17. The van der Waals surface area contributed by atoms with E-state index in [4.69, 9.17) is 16.3 Å². The zero-order valence-corrected chi connectivity index (χ0v) is 20.3. The van der Waals surface area contributed by atoms with Crippen molar-refractivity contribution in [3.63, 3.8) is 0 Å². The number of benzene rings is 3. The molecule has 4 rings (SSSR count). The molecule has 0 N–H and O–H groups in total. The first-order valence-electron chi connectivity index (χ1n) is 10.8. The molecule has 0 unspecified atom stereocenters. The Balaban J connectivity index is 1.78. The molecule has 1 heterocycles. The second kappa shape index (κ2) is 9.36. The summed E-state index contributed by atoms with van der Waals surface area (Å²) in [7, 11) is 4.28. The van der Waals surface area contributed by atoms with Gasteiger partial charge in [-0.25, -0.2) is 9.34 Å². The molecule has 3 aromatic carbocycles. The van der Waals surface area contributed by atoms with Crippen LogP contribution in [0.15, 0.2) is 91.0 Å². The van der Waals surface area contributed by atoms with Crippen molar-refractivity contribution in [3.05, 3.63) is 108 Å². The van der Waals surface area contributed by atoms with Crippen molar-refractivity contribution < 1.29 is 4.52 Å². The molecule has 1 saturated heterocycles. The van der Waals surface area contributed by atoms with E-state index in [0.717, 1.165) is 0 Å². The van der Waals surface area contributed by atoms with Gasteiger partial charge in [-0.2, -0.15) is 0 Å². The molecule has 0 aliphatic carbocycles. The minimum Gasteiger partial charge on any atom is -0.318 e. The van der Waals surface area contributed by atoms with E-state index < -0.39 is 6.57 Å². The average Bonchev–Trinajstić information content (AvgIpc) is 3.00. The fourth-order valence-corrected chi connectivity index (χ4v) is 7.99. The lowest BCUT2D eigenvalue weighted by Crippen LogP contribution is -2.21. The number of nitrogens with zero attached hydrogens (tertiary/aromatic N) is 2. The summed E-state index contributed by atoms with van der Waals surface area (Å²) in [4.78, 5) is 0. The van der Waals surface area contributed by atoms with Gasteiger partial charge in [0.15, 0.2) is 0 Å². The van der Waals surface area contributed by atoms with E-state index in [1.165, 1.54) is 16.7 Å². The summed E-state index contributed by atoms with van der Waals surface area (Å²) in [5.41, 5.74) is 3.71. The molecule has 3 atom stereocenters. The summed E-state index contributed by atoms with van der Waals surface area (Å²) in [6, 6.07) is 32.1. The number of likely N-dealkylation sites (N-methyl/N-ethyl adjacent to an activating group) is 2. The van der Waals surface area contributed by atoms with Crippen LogP contribution in [0.5, 0.6) is 0 Å². The quantitative estimate of drug-likeness (QED) is 0.376. The molecule has 1 aliphatic heterocycles. The largest absolute Gasteiger partial charge is 0.318 e. The Morgan fingerprint density at radius 3 is 1.48 bits per heavy atom. The van der Waals surface area contributed by atoms with E-state index in [1.54, 1.807) is 0 Å². The standard InChI is InChI=1S/C26H31N2OPS/c1-20(2)26(23-18-12-7-13-19-23)29-30(31)27(3)24(21-14-8-5-9-15-21)25(28(30)4)22-16-10-6-11-17-22/h5-20,24-26H,1-4H3/t24-,25-,26-/m1/s1. The van der Waals surface area contributed by atoms with Crippen LogP contribution < -0.4 is 0 Å². The lowest BCUT2D eigenvalue weighted by molar-refractivity contribution is 0.152. The third kappa shape index (κ3) is 4.28. The molecule has 0 saturated carbocycles. The molecule has 0 aromatic heterocycles. The van der Waals surface area contributed by atoms with Gasteiger partial charge in [-0.15, -0.1) is 0 Å². The topological polar surface area (TPSA) is 15.7 Å².